The van der Waals surface area contributed by atoms with Crippen LogP contribution in [0.1, 0.15) is 32.1 Å². The highest BCUT2D eigenvalue weighted by Gasteiger charge is 2.38. The van der Waals surface area contributed by atoms with Crippen LogP contribution in [0.15, 0.2) is 0 Å². The van der Waals surface area contributed by atoms with E-state index in [2.05, 4.69) is 29.2 Å². The lowest BCUT2D eigenvalue weighted by molar-refractivity contribution is 0.0597. The van der Waals surface area contributed by atoms with Crippen molar-refractivity contribution in [2.24, 2.45) is 0 Å². The predicted molar refractivity (Wildman–Crippen MR) is 68.8 cm³/mol. The quantitative estimate of drug-likeness (QED) is 0.684. The Balaban J connectivity index is 1.59. The van der Waals surface area contributed by atoms with Crippen molar-refractivity contribution in [2.45, 2.75) is 37.6 Å². The highest BCUT2D eigenvalue weighted by molar-refractivity contribution is 4.97. The van der Waals surface area contributed by atoms with Gasteiger partial charge in [-0.1, -0.05) is 0 Å². The molecule has 1 aliphatic carbocycles. The summed E-state index contributed by atoms with van der Waals surface area (Å²) < 4.78 is 0. The summed E-state index contributed by atoms with van der Waals surface area (Å²) in [5.74, 6) is 0. The molecular formula is C13H27N3. The molecule has 94 valence electrons. The zero-order chi connectivity index (χ0) is 11.4. The third kappa shape index (κ3) is 2.76. The fraction of sp³-hybridized carbons (Fsp3) is 1.00. The molecular weight excluding hydrogens is 198 g/mol. The minimum Gasteiger partial charge on any atom is -0.314 e. The van der Waals surface area contributed by atoms with E-state index in [0.717, 1.165) is 6.54 Å². The molecule has 2 aliphatic rings. The smallest absolute Gasteiger partial charge is 0.0327 e. The summed E-state index contributed by atoms with van der Waals surface area (Å²) in [6.45, 7) is 6.22. The van der Waals surface area contributed by atoms with Gasteiger partial charge in [-0.15, -0.1) is 0 Å². The first-order valence-corrected chi connectivity index (χ1v) is 6.83. The second kappa shape index (κ2) is 5.48. The first kappa shape index (κ1) is 12.3. The summed E-state index contributed by atoms with van der Waals surface area (Å²) in [6, 6.07) is 0. The van der Waals surface area contributed by atoms with Crippen LogP contribution in [-0.4, -0.2) is 62.2 Å². The number of likely N-dealkylation sites (N-methyl/N-ethyl adjacent to an activating group) is 1. The average molecular weight is 225 g/mol. The van der Waals surface area contributed by atoms with Gasteiger partial charge in [0.05, 0.1) is 0 Å². The number of likely N-dealkylation sites (tertiary alicyclic amines) is 1. The highest BCUT2D eigenvalue weighted by Crippen LogP contribution is 2.35. The maximum Gasteiger partial charge on any atom is 0.0327 e. The summed E-state index contributed by atoms with van der Waals surface area (Å²) in [7, 11) is 4.45. The van der Waals surface area contributed by atoms with E-state index in [-0.39, 0.29) is 0 Å². The van der Waals surface area contributed by atoms with Crippen LogP contribution in [0.25, 0.3) is 0 Å². The van der Waals surface area contributed by atoms with E-state index in [1.807, 2.05) is 0 Å². The summed E-state index contributed by atoms with van der Waals surface area (Å²) in [6.07, 6.45) is 6.96. The summed E-state index contributed by atoms with van der Waals surface area (Å²) in [4.78, 5) is 5.00. The fourth-order valence-corrected chi connectivity index (χ4v) is 2.93. The van der Waals surface area contributed by atoms with Gasteiger partial charge >= 0.3 is 0 Å². The van der Waals surface area contributed by atoms with E-state index >= 15 is 0 Å². The van der Waals surface area contributed by atoms with Crippen molar-refractivity contribution in [3.63, 3.8) is 0 Å². The van der Waals surface area contributed by atoms with Gasteiger partial charge in [0.2, 0.25) is 0 Å². The van der Waals surface area contributed by atoms with Crippen molar-refractivity contribution in [1.82, 2.24) is 15.1 Å². The van der Waals surface area contributed by atoms with E-state index in [1.54, 1.807) is 0 Å². The molecule has 0 spiro atoms. The SMILES string of the molecule is CN(C)C1(CNCCN2CCCC2)CCC1. The number of hydrogen-bond donors (Lipinski definition) is 1. The molecule has 2 rings (SSSR count). The van der Waals surface area contributed by atoms with Gasteiger partial charge in [0.25, 0.3) is 0 Å². The highest BCUT2D eigenvalue weighted by atomic mass is 15.2. The zero-order valence-corrected chi connectivity index (χ0v) is 11.0. The van der Waals surface area contributed by atoms with Crippen LogP contribution >= 0.6 is 0 Å². The number of nitrogens with zero attached hydrogens (tertiary/aromatic N) is 2. The van der Waals surface area contributed by atoms with Gasteiger partial charge in [-0.05, 0) is 59.3 Å². The van der Waals surface area contributed by atoms with E-state index in [0.29, 0.717) is 5.54 Å². The maximum atomic E-state index is 3.65. The average Bonchev–Trinajstić information content (AvgIpc) is 2.67. The fourth-order valence-electron chi connectivity index (χ4n) is 2.93. The minimum atomic E-state index is 0.477. The van der Waals surface area contributed by atoms with Crippen molar-refractivity contribution < 1.29 is 0 Å². The van der Waals surface area contributed by atoms with E-state index < -0.39 is 0 Å². The monoisotopic (exact) mass is 225 g/mol. The molecule has 0 unspecified atom stereocenters. The van der Waals surface area contributed by atoms with Gasteiger partial charge < -0.3 is 15.1 Å². The van der Waals surface area contributed by atoms with E-state index in [4.69, 9.17) is 0 Å². The van der Waals surface area contributed by atoms with Gasteiger partial charge in [0.1, 0.15) is 0 Å². The Labute approximate surface area is 100 Å². The molecule has 2 fully saturated rings. The second-order valence-electron chi connectivity index (χ2n) is 5.70. The summed E-state index contributed by atoms with van der Waals surface area (Å²) in [5.41, 5.74) is 0.477. The van der Waals surface area contributed by atoms with Gasteiger partial charge in [0, 0.05) is 25.2 Å². The van der Waals surface area contributed by atoms with Crippen molar-refractivity contribution in [3.8, 4) is 0 Å². The third-order valence-corrected chi connectivity index (χ3v) is 4.49. The predicted octanol–water partition coefficient (Wildman–Crippen LogP) is 1.16. The molecule has 1 heterocycles. The Kier molecular flexibility index (Phi) is 4.22. The zero-order valence-electron chi connectivity index (χ0n) is 11.0. The van der Waals surface area contributed by atoms with Crippen molar-refractivity contribution >= 4 is 0 Å². The van der Waals surface area contributed by atoms with Crippen molar-refractivity contribution in [1.29, 1.82) is 0 Å². The molecule has 0 atom stereocenters. The van der Waals surface area contributed by atoms with Crippen LogP contribution in [0, 0.1) is 0 Å². The minimum absolute atomic E-state index is 0.477. The molecule has 0 aromatic heterocycles. The molecule has 0 radical (unpaired) electrons. The normalized spacial score (nSPS) is 24.9. The lowest BCUT2D eigenvalue weighted by Gasteiger charge is -2.47. The number of rotatable bonds is 6. The van der Waals surface area contributed by atoms with Gasteiger partial charge in [-0.3, -0.25) is 0 Å². The van der Waals surface area contributed by atoms with Gasteiger partial charge in [-0.2, -0.15) is 0 Å². The lowest BCUT2D eigenvalue weighted by Crippen LogP contribution is -2.56. The summed E-state index contributed by atoms with van der Waals surface area (Å²) in [5, 5.41) is 3.65. The first-order chi connectivity index (χ1) is 7.73. The molecule has 16 heavy (non-hydrogen) atoms. The van der Waals surface area contributed by atoms with Crippen LogP contribution in [0.4, 0.5) is 0 Å². The molecule has 0 aromatic rings. The third-order valence-electron chi connectivity index (χ3n) is 4.49. The molecule has 0 amide bonds. The largest absolute Gasteiger partial charge is 0.314 e. The van der Waals surface area contributed by atoms with Crippen molar-refractivity contribution in [2.75, 3.05) is 46.8 Å². The van der Waals surface area contributed by atoms with Crippen LogP contribution < -0.4 is 5.32 Å². The standard InChI is InChI=1S/C13H27N3/c1-15(2)13(6-5-7-13)12-14-8-11-16-9-3-4-10-16/h14H,3-12H2,1-2H3. The first-order valence-electron chi connectivity index (χ1n) is 6.83. The Morgan fingerprint density at radius 3 is 2.31 bits per heavy atom. The molecule has 1 saturated carbocycles. The molecule has 1 N–H and O–H groups in total. The van der Waals surface area contributed by atoms with Crippen LogP contribution in [-0.2, 0) is 0 Å². The van der Waals surface area contributed by atoms with Crippen LogP contribution in [0.2, 0.25) is 0 Å². The number of hydrogen-bond acceptors (Lipinski definition) is 3. The van der Waals surface area contributed by atoms with E-state index in [9.17, 15) is 0 Å². The Bertz CT molecular complexity index is 205. The van der Waals surface area contributed by atoms with Gasteiger partial charge in [-0.25, -0.2) is 0 Å². The molecule has 1 saturated heterocycles. The Morgan fingerprint density at radius 2 is 1.81 bits per heavy atom. The maximum absolute atomic E-state index is 3.65. The second-order valence-corrected chi connectivity index (χ2v) is 5.70. The molecule has 1 aliphatic heterocycles. The summed E-state index contributed by atoms with van der Waals surface area (Å²) >= 11 is 0. The van der Waals surface area contributed by atoms with Crippen LogP contribution in [0.3, 0.4) is 0 Å². The van der Waals surface area contributed by atoms with Gasteiger partial charge in [0.15, 0.2) is 0 Å². The van der Waals surface area contributed by atoms with Crippen LogP contribution in [0.5, 0.6) is 0 Å². The molecule has 3 nitrogen and oxygen atoms in total. The Morgan fingerprint density at radius 1 is 1.12 bits per heavy atom. The molecule has 0 aromatic carbocycles. The van der Waals surface area contributed by atoms with E-state index in [1.165, 1.54) is 58.3 Å². The number of nitrogens with one attached hydrogen (secondary N) is 1. The Hall–Kier alpha value is -0.120. The van der Waals surface area contributed by atoms with Crippen molar-refractivity contribution in [3.05, 3.63) is 0 Å². The molecule has 0 bridgehead atoms. The molecule has 3 heteroatoms. The lowest BCUT2D eigenvalue weighted by atomic mass is 9.75. The topological polar surface area (TPSA) is 18.5 Å².